The monoisotopic (exact) mass is 497 g/mol. The van der Waals surface area contributed by atoms with Gasteiger partial charge in [-0.3, -0.25) is 4.57 Å². The third kappa shape index (κ3) is 4.34. The van der Waals surface area contributed by atoms with Gasteiger partial charge in [0.05, 0.1) is 5.69 Å². The van der Waals surface area contributed by atoms with E-state index < -0.39 is 5.60 Å². The summed E-state index contributed by atoms with van der Waals surface area (Å²) in [5.74, 6) is 1.34. The molecule has 0 unspecified atom stereocenters. The van der Waals surface area contributed by atoms with E-state index in [0.717, 1.165) is 84.9 Å². The first-order chi connectivity index (χ1) is 18.0. The van der Waals surface area contributed by atoms with E-state index >= 15 is 0 Å². The second-order valence-corrected chi connectivity index (χ2v) is 10.3. The van der Waals surface area contributed by atoms with Crippen LogP contribution >= 0.6 is 0 Å². The molecule has 37 heavy (non-hydrogen) atoms. The fourth-order valence-electron chi connectivity index (χ4n) is 5.58. The fraction of sp³-hybridized carbons (Fsp3) is 0.414. The van der Waals surface area contributed by atoms with Gasteiger partial charge in [0.25, 0.3) is 0 Å². The lowest BCUT2D eigenvalue weighted by molar-refractivity contribution is 0.0306. The lowest BCUT2D eigenvalue weighted by atomic mass is 9.98. The second kappa shape index (κ2) is 9.43. The van der Waals surface area contributed by atoms with Crippen molar-refractivity contribution in [1.82, 2.24) is 24.4 Å². The number of fused-ring (bicyclic) bond motifs is 2. The summed E-state index contributed by atoms with van der Waals surface area (Å²) in [6.45, 7) is 8.43. The SMILES string of the molecule is CCc1cc2cnc(Nc3ccc(N4CCN(C)CC4)cc3)nc2n1-c1ccc2c(n1)[C@@](O)(CC)CC2. The number of hydrogen-bond donors (Lipinski definition) is 2. The van der Waals surface area contributed by atoms with E-state index in [1.807, 2.05) is 19.2 Å². The summed E-state index contributed by atoms with van der Waals surface area (Å²) in [6.07, 6.45) is 4.96. The largest absolute Gasteiger partial charge is 0.384 e. The zero-order valence-electron chi connectivity index (χ0n) is 21.9. The zero-order chi connectivity index (χ0) is 25.6. The highest BCUT2D eigenvalue weighted by atomic mass is 16.3. The Morgan fingerprint density at radius 3 is 2.51 bits per heavy atom. The molecule has 2 aliphatic rings. The molecule has 0 amide bonds. The Morgan fingerprint density at radius 2 is 1.78 bits per heavy atom. The average molecular weight is 498 g/mol. The third-order valence-corrected chi connectivity index (χ3v) is 8.00. The van der Waals surface area contributed by atoms with Crippen molar-refractivity contribution in [2.24, 2.45) is 0 Å². The molecule has 0 radical (unpaired) electrons. The maximum Gasteiger partial charge on any atom is 0.229 e. The second-order valence-electron chi connectivity index (χ2n) is 10.3. The Labute approximate surface area is 218 Å². The Balaban J connectivity index is 1.31. The molecule has 6 rings (SSSR count). The topological polar surface area (TPSA) is 82.3 Å². The predicted molar refractivity (Wildman–Crippen MR) is 148 cm³/mol. The van der Waals surface area contributed by atoms with Crippen molar-refractivity contribution < 1.29 is 5.11 Å². The number of aromatic nitrogens is 4. The van der Waals surface area contributed by atoms with Crippen LogP contribution in [0.1, 0.15) is 43.6 Å². The summed E-state index contributed by atoms with van der Waals surface area (Å²) in [5, 5.41) is 15.5. The Bertz CT molecular complexity index is 1420. The van der Waals surface area contributed by atoms with Crippen LogP contribution in [0.2, 0.25) is 0 Å². The van der Waals surface area contributed by atoms with E-state index in [1.54, 1.807) is 0 Å². The molecule has 1 atom stereocenters. The maximum atomic E-state index is 11.1. The first-order valence-electron chi connectivity index (χ1n) is 13.4. The van der Waals surface area contributed by atoms with Gasteiger partial charge in [0.15, 0.2) is 5.65 Å². The van der Waals surface area contributed by atoms with E-state index in [2.05, 4.69) is 75.0 Å². The van der Waals surface area contributed by atoms with Crippen LogP contribution in [0, 0.1) is 0 Å². The Hall–Kier alpha value is -3.49. The first kappa shape index (κ1) is 23.9. The normalized spacial score (nSPS) is 19.9. The highest BCUT2D eigenvalue weighted by Crippen LogP contribution is 2.39. The van der Waals surface area contributed by atoms with Crippen molar-refractivity contribution in [3.8, 4) is 5.82 Å². The fourth-order valence-corrected chi connectivity index (χ4v) is 5.58. The van der Waals surface area contributed by atoms with E-state index in [0.29, 0.717) is 12.4 Å². The summed E-state index contributed by atoms with van der Waals surface area (Å²) in [5.41, 5.74) is 5.22. The molecule has 2 N–H and O–H groups in total. The van der Waals surface area contributed by atoms with Gasteiger partial charge in [-0.1, -0.05) is 19.9 Å². The van der Waals surface area contributed by atoms with Crippen molar-refractivity contribution in [2.75, 3.05) is 43.4 Å². The molecule has 1 aliphatic heterocycles. The Morgan fingerprint density at radius 1 is 1.00 bits per heavy atom. The number of pyridine rings is 1. The number of anilines is 3. The molecular formula is C29H35N7O. The van der Waals surface area contributed by atoms with Crippen LogP contribution in [0.15, 0.2) is 48.7 Å². The summed E-state index contributed by atoms with van der Waals surface area (Å²) < 4.78 is 2.10. The molecular weight excluding hydrogens is 462 g/mol. The number of aliphatic hydroxyl groups is 1. The van der Waals surface area contributed by atoms with Crippen molar-refractivity contribution >= 4 is 28.4 Å². The van der Waals surface area contributed by atoms with Gasteiger partial charge in [0, 0.05) is 54.8 Å². The molecule has 4 aromatic rings. The number of piperazine rings is 1. The minimum atomic E-state index is -0.849. The number of likely N-dealkylation sites (N-methyl/N-ethyl adjacent to an activating group) is 1. The van der Waals surface area contributed by atoms with Gasteiger partial charge in [-0.15, -0.1) is 0 Å². The van der Waals surface area contributed by atoms with Crippen LogP contribution in [0.5, 0.6) is 0 Å². The third-order valence-electron chi connectivity index (χ3n) is 8.00. The van der Waals surface area contributed by atoms with E-state index in [1.165, 1.54) is 5.69 Å². The molecule has 8 nitrogen and oxygen atoms in total. The standard InChI is InChI=1S/C29H35N7O/c1-4-23-18-21-19-30-28(31-22-7-9-24(10-8-22)35-16-14-34(3)15-17-35)33-27(21)36(23)25-11-6-20-12-13-29(37,5-2)26(20)32-25/h6-11,18-19,37H,4-5,12-17H2,1-3H3,(H,30,31,33)/t29-/m1/s1. The molecule has 1 aromatic carbocycles. The number of hydrogen-bond acceptors (Lipinski definition) is 7. The van der Waals surface area contributed by atoms with Crippen molar-refractivity contribution in [1.29, 1.82) is 0 Å². The van der Waals surface area contributed by atoms with Crippen LogP contribution in [0.25, 0.3) is 16.9 Å². The molecule has 0 saturated carbocycles. The Kier molecular flexibility index (Phi) is 6.09. The van der Waals surface area contributed by atoms with Crippen molar-refractivity contribution in [3.63, 3.8) is 0 Å². The number of nitrogens with one attached hydrogen (secondary N) is 1. The summed E-state index contributed by atoms with van der Waals surface area (Å²) in [4.78, 5) is 19.3. The molecule has 0 spiro atoms. The minimum absolute atomic E-state index is 0.549. The smallest absolute Gasteiger partial charge is 0.229 e. The van der Waals surface area contributed by atoms with Gasteiger partial charge >= 0.3 is 0 Å². The van der Waals surface area contributed by atoms with Crippen molar-refractivity contribution in [3.05, 3.63) is 65.6 Å². The number of aryl methyl sites for hydroxylation is 2. The molecule has 8 heteroatoms. The van der Waals surface area contributed by atoms with Gasteiger partial charge in [0.2, 0.25) is 5.95 Å². The lowest BCUT2D eigenvalue weighted by Gasteiger charge is -2.34. The highest BCUT2D eigenvalue weighted by molar-refractivity contribution is 5.80. The number of benzene rings is 1. The average Bonchev–Trinajstić information content (AvgIpc) is 3.47. The molecule has 4 heterocycles. The van der Waals surface area contributed by atoms with Gasteiger partial charge in [-0.2, -0.15) is 4.98 Å². The molecule has 1 aliphatic carbocycles. The van der Waals surface area contributed by atoms with Crippen LogP contribution < -0.4 is 10.2 Å². The lowest BCUT2D eigenvalue weighted by Crippen LogP contribution is -2.44. The van der Waals surface area contributed by atoms with Gasteiger partial charge < -0.3 is 20.2 Å². The molecule has 0 bridgehead atoms. The van der Waals surface area contributed by atoms with Gasteiger partial charge in [0.1, 0.15) is 11.4 Å². The predicted octanol–water partition coefficient (Wildman–Crippen LogP) is 4.42. The first-order valence-corrected chi connectivity index (χ1v) is 13.4. The summed E-state index contributed by atoms with van der Waals surface area (Å²) in [7, 11) is 2.17. The van der Waals surface area contributed by atoms with Gasteiger partial charge in [-0.05, 0) is 74.7 Å². The number of rotatable bonds is 6. The highest BCUT2D eigenvalue weighted by Gasteiger charge is 2.37. The van der Waals surface area contributed by atoms with E-state index in [4.69, 9.17) is 9.97 Å². The quantitative estimate of drug-likeness (QED) is 0.408. The summed E-state index contributed by atoms with van der Waals surface area (Å²) in [6, 6.07) is 14.8. The van der Waals surface area contributed by atoms with Crippen LogP contribution in [0.3, 0.4) is 0 Å². The van der Waals surface area contributed by atoms with Crippen molar-refractivity contribution in [2.45, 2.75) is 45.1 Å². The number of nitrogens with zero attached hydrogens (tertiary/aromatic N) is 6. The molecule has 192 valence electrons. The maximum absolute atomic E-state index is 11.1. The van der Waals surface area contributed by atoms with E-state index in [-0.39, 0.29) is 0 Å². The van der Waals surface area contributed by atoms with Gasteiger partial charge in [-0.25, -0.2) is 9.97 Å². The summed E-state index contributed by atoms with van der Waals surface area (Å²) >= 11 is 0. The molecule has 3 aromatic heterocycles. The molecule has 1 saturated heterocycles. The van der Waals surface area contributed by atoms with Crippen LogP contribution in [-0.2, 0) is 18.4 Å². The molecule has 1 fully saturated rings. The van der Waals surface area contributed by atoms with Crippen LogP contribution in [0.4, 0.5) is 17.3 Å². The van der Waals surface area contributed by atoms with Crippen LogP contribution in [-0.4, -0.2) is 62.8 Å². The van der Waals surface area contributed by atoms with E-state index in [9.17, 15) is 5.11 Å². The minimum Gasteiger partial charge on any atom is -0.384 e. The zero-order valence-corrected chi connectivity index (χ0v) is 21.9.